The first-order valence-electron chi connectivity index (χ1n) is 10.00. The van der Waals surface area contributed by atoms with E-state index in [0.29, 0.717) is 29.2 Å². The van der Waals surface area contributed by atoms with Crippen LogP contribution in [0.3, 0.4) is 0 Å². The van der Waals surface area contributed by atoms with Gasteiger partial charge >= 0.3 is 6.03 Å². The maximum absolute atomic E-state index is 13.0. The van der Waals surface area contributed by atoms with Crippen LogP contribution in [-0.4, -0.2) is 30.4 Å². The van der Waals surface area contributed by atoms with Gasteiger partial charge in [-0.1, -0.05) is 42.5 Å². The highest BCUT2D eigenvalue weighted by Gasteiger charge is 2.22. The Bertz CT molecular complexity index is 1050. The lowest BCUT2D eigenvalue weighted by atomic mass is 10.0. The third kappa shape index (κ3) is 6.82. The van der Waals surface area contributed by atoms with Crippen molar-refractivity contribution < 1.29 is 14.4 Å². The molecular weight excluding hydrogens is 424 g/mol. The zero-order valence-electron chi connectivity index (χ0n) is 17.3. The molecule has 0 fully saturated rings. The SMILES string of the molecule is C=CCNC(=O)Nc1ccc(NC(=O)C(Cc2ccccc2)NC(=O)c2cccs2)cc1. The summed E-state index contributed by atoms with van der Waals surface area (Å²) in [5, 5.41) is 12.8. The molecule has 164 valence electrons. The van der Waals surface area contributed by atoms with Gasteiger partial charge in [0, 0.05) is 24.3 Å². The number of rotatable bonds is 9. The average molecular weight is 449 g/mol. The minimum Gasteiger partial charge on any atom is -0.339 e. The number of carbonyl (C=O) groups is 3. The molecule has 32 heavy (non-hydrogen) atoms. The molecule has 0 bridgehead atoms. The molecule has 3 aromatic rings. The van der Waals surface area contributed by atoms with Crippen molar-refractivity contribution in [2.75, 3.05) is 17.2 Å². The number of nitrogens with one attached hydrogen (secondary N) is 4. The molecule has 0 spiro atoms. The quantitative estimate of drug-likeness (QED) is 0.372. The number of benzene rings is 2. The molecule has 2 aromatic carbocycles. The molecule has 4 N–H and O–H groups in total. The Balaban J connectivity index is 1.66. The first-order valence-corrected chi connectivity index (χ1v) is 10.9. The van der Waals surface area contributed by atoms with E-state index >= 15 is 0 Å². The number of anilines is 2. The fourth-order valence-electron chi connectivity index (χ4n) is 2.90. The Hall–Kier alpha value is -3.91. The van der Waals surface area contributed by atoms with Crippen LogP contribution in [-0.2, 0) is 11.2 Å². The van der Waals surface area contributed by atoms with Gasteiger partial charge in [-0.2, -0.15) is 0 Å². The maximum Gasteiger partial charge on any atom is 0.319 e. The highest BCUT2D eigenvalue weighted by Crippen LogP contribution is 2.15. The largest absolute Gasteiger partial charge is 0.339 e. The van der Waals surface area contributed by atoms with Crippen LogP contribution in [0.5, 0.6) is 0 Å². The molecule has 3 rings (SSSR count). The molecule has 0 aliphatic rings. The second-order valence-corrected chi connectivity index (χ2v) is 7.83. The van der Waals surface area contributed by atoms with Crippen LogP contribution in [0.2, 0.25) is 0 Å². The summed E-state index contributed by atoms with van der Waals surface area (Å²) in [6.45, 7) is 3.90. The fourth-order valence-corrected chi connectivity index (χ4v) is 3.53. The van der Waals surface area contributed by atoms with Crippen molar-refractivity contribution >= 4 is 40.6 Å². The van der Waals surface area contributed by atoms with Gasteiger partial charge in [0.05, 0.1) is 4.88 Å². The zero-order valence-corrected chi connectivity index (χ0v) is 18.2. The summed E-state index contributed by atoms with van der Waals surface area (Å²) >= 11 is 1.32. The molecule has 4 amide bonds. The molecule has 7 nitrogen and oxygen atoms in total. The van der Waals surface area contributed by atoms with E-state index in [0.717, 1.165) is 5.56 Å². The van der Waals surface area contributed by atoms with E-state index in [1.54, 1.807) is 42.5 Å². The molecule has 0 radical (unpaired) electrons. The molecule has 0 aliphatic heterocycles. The molecule has 0 aliphatic carbocycles. The van der Waals surface area contributed by atoms with Gasteiger partial charge < -0.3 is 21.3 Å². The summed E-state index contributed by atoms with van der Waals surface area (Å²) in [5.74, 6) is -0.621. The number of hydrogen-bond donors (Lipinski definition) is 4. The highest BCUT2D eigenvalue weighted by atomic mass is 32.1. The van der Waals surface area contributed by atoms with Gasteiger partial charge in [0.2, 0.25) is 5.91 Å². The van der Waals surface area contributed by atoms with Gasteiger partial charge in [0.25, 0.3) is 5.91 Å². The molecule has 0 saturated carbocycles. The van der Waals surface area contributed by atoms with E-state index in [1.807, 2.05) is 35.7 Å². The standard InChI is InChI=1S/C24H24N4O3S/c1-2-14-25-24(31)27-19-12-10-18(11-13-19)26-22(29)20(16-17-7-4-3-5-8-17)28-23(30)21-9-6-15-32-21/h2-13,15,20H,1,14,16H2,(H,26,29)(H,28,30)(H2,25,27,31). The second kappa shape index (κ2) is 11.5. The number of carbonyl (C=O) groups excluding carboxylic acids is 3. The second-order valence-electron chi connectivity index (χ2n) is 6.88. The van der Waals surface area contributed by atoms with E-state index < -0.39 is 6.04 Å². The third-order valence-electron chi connectivity index (χ3n) is 4.47. The molecule has 1 aromatic heterocycles. The van der Waals surface area contributed by atoms with Crippen LogP contribution in [0.1, 0.15) is 15.2 Å². The fraction of sp³-hybridized carbons (Fsp3) is 0.125. The van der Waals surface area contributed by atoms with Crippen LogP contribution >= 0.6 is 11.3 Å². The van der Waals surface area contributed by atoms with Gasteiger partial charge in [-0.15, -0.1) is 17.9 Å². The molecule has 0 saturated heterocycles. The average Bonchev–Trinajstić information content (AvgIpc) is 3.34. The van der Waals surface area contributed by atoms with Crippen molar-refractivity contribution in [2.45, 2.75) is 12.5 Å². The summed E-state index contributed by atoms with van der Waals surface area (Å²) in [6, 6.07) is 18.6. The van der Waals surface area contributed by atoms with Gasteiger partial charge in [-0.3, -0.25) is 9.59 Å². The Morgan fingerprint density at radius 1 is 0.906 bits per heavy atom. The molecule has 1 atom stereocenters. The number of thiophene rings is 1. The summed E-state index contributed by atoms with van der Waals surface area (Å²) in [5.41, 5.74) is 2.07. The zero-order chi connectivity index (χ0) is 22.8. The number of amides is 4. The lowest BCUT2D eigenvalue weighted by Gasteiger charge is -2.18. The van der Waals surface area contributed by atoms with Crippen molar-refractivity contribution in [3.63, 3.8) is 0 Å². The van der Waals surface area contributed by atoms with Crippen LogP contribution in [0.25, 0.3) is 0 Å². The monoisotopic (exact) mass is 448 g/mol. The van der Waals surface area contributed by atoms with E-state index in [1.165, 1.54) is 11.3 Å². The summed E-state index contributed by atoms with van der Waals surface area (Å²) < 4.78 is 0. The van der Waals surface area contributed by atoms with E-state index in [4.69, 9.17) is 0 Å². The lowest BCUT2D eigenvalue weighted by molar-refractivity contribution is -0.118. The van der Waals surface area contributed by atoms with Gasteiger partial charge in [0.1, 0.15) is 6.04 Å². The smallest absolute Gasteiger partial charge is 0.319 e. The maximum atomic E-state index is 13.0. The van der Waals surface area contributed by atoms with Crippen LogP contribution in [0.4, 0.5) is 16.2 Å². The number of urea groups is 1. The van der Waals surface area contributed by atoms with E-state index in [9.17, 15) is 14.4 Å². The Morgan fingerprint density at radius 2 is 1.59 bits per heavy atom. The predicted octanol–water partition coefficient (Wildman–Crippen LogP) is 4.04. The first kappa shape index (κ1) is 22.8. The van der Waals surface area contributed by atoms with Gasteiger partial charge in [-0.05, 0) is 41.3 Å². The summed E-state index contributed by atoms with van der Waals surface area (Å²) in [4.78, 5) is 37.8. The molecular formula is C24H24N4O3S. The van der Waals surface area contributed by atoms with Crippen molar-refractivity contribution in [2.24, 2.45) is 0 Å². The van der Waals surface area contributed by atoms with E-state index in [-0.39, 0.29) is 17.8 Å². The topological polar surface area (TPSA) is 99.3 Å². The van der Waals surface area contributed by atoms with Crippen LogP contribution in [0.15, 0.2) is 84.8 Å². The lowest BCUT2D eigenvalue weighted by Crippen LogP contribution is -2.45. The van der Waals surface area contributed by atoms with E-state index in [2.05, 4.69) is 27.8 Å². The van der Waals surface area contributed by atoms with Crippen LogP contribution < -0.4 is 21.3 Å². The summed E-state index contributed by atoms with van der Waals surface area (Å²) in [7, 11) is 0. The third-order valence-corrected chi connectivity index (χ3v) is 5.34. The minimum atomic E-state index is -0.755. The van der Waals surface area contributed by atoms with Crippen molar-refractivity contribution in [1.29, 1.82) is 0 Å². The molecule has 1 unspecified atom stereocenters. The summed E-state index contributed by atoms with van der Waals surface area (Å²) in [6.07, 6.45) is 1.94. The normalized spacial score (nSPS) is 11.1. The Morgan fingerprint density at radius 3 is 2.22 bits per heavy atom. The first-order chi connectivity index (χ1) is 15.5. The van der Waals surface area contributed by atoms with Gasteiger partial charge in [-0.25, -0.2) is 4.79 Å². The van der Waals surface area contributed by atoms with Crippen molar-refractivity contribution in [3.8, 4) is 0 Å². The Kier molecular flexibility index (Phi) is 8.16. The van der Waals surface area contributed by atoms with Crippen LogP contribution in [0, 0.1) is 0 Å². The van der Waals surface area contributed by atoms with Crippen molar-refractivity contribution in [3.05, 3.63) is 95.2 Å². The van der Waals surface area contributed by atoms with Gasteiger partial charge in [0.15, 0.2) is 0 Å². The molecule has 1 heterocycles. The molecule has 8 heteroatoms. The minimum absolute atomic E-state index is 0.291. The Labute approximate surface area is 190 Å². The van der Waals surface area contributed by atoms with Crippen molar-refractivity contribution in [1.82, 2.24) is 10.6 Å². The number of hydrogen-bond acceptors (Lipinski definition) is 4. The highest BCUT2D eigenvalue weighted by molar-refractivity contribution is 7.12. The predicted molar refractivity (Wildman–Crippen MR) is 128 cm³/mol.